The Kier molecular flexibility index (Phi) is 6.04. The number of carbonyl (C=O) groups is 1. The van der Waals surface area contributed by atoms with Gasteiger partial charge in [0.15, 0.2) is 5.69 Å². The molecule has 0 fully saturated rings. The normalized spacial score (nSPS) is 14.5. The lowest BCUT2D eigenvalue weighted by Gasteiger charge is -2.24. The molecular formula is C18H31N3O. The molecule has 1 N–H and O–H groups in total. The van der Waals surface area contributed by atoms with E-state index in [9.17, 15) is 4.79 Å². The fraction of sp³-hybridized carbons (Fsp3) is 0.778. The first-order valence-electron chi connectivity index (χ1n) is 8.84. The van der Waals surface area contributed by atoms with Gasteiger partial charge >= 0.3 is 0 Å². The fourth-order valence-corrected chi connectivity index (χ4v) is 2.95. The molecule has 0 bridgehead atoms. The molecule has 0 saturated heterocycles. The summed E-state index contributed by atoms with van der Waals surface area (Å²) in [5, 5.41) is 7.45. The lowest BCUT2D eigenvalue weighted by molar-refractivity contribution is 0.0733. The maximum Gasteiger partial charge on any atom is 0.274 e. The molecule has 4 heteroatoms. The Morgan fingerprint density at radius 3 is 2.27 bits per heavy atom. The average Bonchev–Trinajstić information content (AvgIpc) is 2.90. The van der Waals surface area contributed by atoms with Gasteiger partial charge in [-0.2, -0.15) is 5.10 Å². The zero-order chi connectivity index (χ0) is 16.1. The van der Waals surface area contributed by atoms with Crippen LogP contribution in [0.3, 0.4) is 0 Å². The molecule has 0 aliphatic heterocycles. The average molecular weight is 305 g/mol. The van der Waals surface area contributed by atoms with Crippen molar-refractivity contribution in [1.29, 1.82) is 0 Å². The van der Waals surface area contributed by atoms with Crippen LogP contribution in [-0.4, -0.2) is 34.1 Å². The highest BCUT2D eigenvalue weighted by molar-refractivity contribution is 5.94. The number of H-pyrrole nitrogens is 1. The van der Waals surface area contributed by atoms with Gasteiger partial charge in [0.05, 0.1) is 0 Å². The molecule has 2 rings (SSSR count). The molecule has 4 nitrogen and oxygen atoms in total. The van der Waals surface area contributed by atoms with E-state index in [1.807, 2.05) is 4.90 Å². The third-order valence-corrected chi connectivity index (χ3v) is 4.50. The van der Waals surface area contributed by atoms with E-state index >= 15 is 0 Å². The van der Waals surface area contributed by atoms with Gasteiger partial charge < -0.3 is 4.90 Å². The molecule has 1 aromatic heterocycles. The lowest BCUT2D eigenvalue weighted by Crippen LogP contribution is -2.35. The summed E-state index contributed by atoms with van der Waals surface area (Å²) in [5.74, 6) is 1.35. The van der Waals surface area contributed by atoms with Crippen molar-refractivity contribution in [1.82, 2.24) is 15.1 Å². The summed E-state index contributed by atoms with van der Waals surface area (Å²) in [6.45, 7) is 10.5. The Balaban J connectivity index is 2.11. The van der Waals surface area contributed by atoms with Crippen molar-refractivity contribution >= 4 is 5.91 Å². The predicted octanol–water partition coefficient (Wildman–Crippen LogP) is 3.82. The van der Waals surface area contributed by atoms with E-state index in [0.29, 0.717) is 17.5 Å². The topological polar surface area (TPSA) is 49.0 Å². The zero-order valence-corrected chi connectivity index (χ0v) is 14.6. The molecule has 0 atom stereocenters. The maximum atomic E-state index is 12.9. The highest BCUT2D eigenvalue weighted by Gasteiger charge is 2.25. The predicted molar refractivity (Wildman–Crippen MR) is 90.0 cm³/mol. The lowest BCUT2D eigenvalue weighted by atomic mass is 9.95. The molecule has 124 valence electrons. The van der Waals surface area contributed by atoms with Gasteiger partial charge in [-0.05, 0) is 50.4 Å². The van der Waals surface area contributed by atoms with Crippen LogP contribution in [0.5, 0.6) is 0 Å². The van der Waals surface area contributed by atoms with Gasteiger partial charge in [-0.3, -0.25) is 9.89 Å². The third-order valence-electron chi connectivity index (χ3n) is 4.50. The minimum Gasteiger partial charge on any atom is -0.337 e. The number of nitrogens with zero attached hydrogens (tertiary/aromatic N) is 2. The molecule has 1 heterocycles. The maximum absolute atomic E-state index is 12.9. The van der Waals surface area contributed by atoms with Crippen LogP contribution in [-0.2, 0) is 12.8 Å². The molecule has 1 aliphatic carbocycles. The third kappa shape index (κ3) is 4.34. The van der Waals surface area contributed by atoms with Crippen LogP contribution < -0.4 is 0 Å². The Morgan fingerprint density at radius 1 is 1.09 bits per heavy atom. The van der Waals surface area contributed by atoms with Crippen LogP contribution >= 0.6 is 0 Å². The van der Waals surface area contributed by atoms with Crippen molar-refractivity contribution < 1.29 is 4.79 Å². The molecule has 1 aliphatic rings. The number of rotatable bonds is 7. The van der Waals surface area contributed by atoms with E-state index < -0.39 is 0 Å². The first-order valence-corrected chi connectivity index (χ1v) is 8.84. The number of carbonyl (C=O) groups excluding carboxylic acids is 1. The van der Waals surface area contributed by atoms with Gasteiger partial charge in [0.25, 0.3) is 5.91 Å². The van der Waals surface area contributed by atoms with Crippen molar-refractivity contribution in [3.63, 3.8) is 0 Å². The van der Waals surface area contributed by atoms with Gasteiger partial charge in [0.1, 0.15) is 0 Å². The quantitative estimate of drug-likeness (QED) is 0.832. The number of amides is 1. The Labute approximate surface area is 134 Å². The molecule has 0 unspecified atom stereocenters. The highest BCUT2D eigenvalue weighted by atomic mass is 16.2. The van der Waals surface area contributed by atoms with Crippen LogP contribution in [0.1, 0.15) is 75.1 Å². The summed E-state index contributed by atoms with van der Waals surface area (Å²) >= 11 is 0. The van der Waals surface area contributed by atoms with Crippen LogP contribution in [0, 0.1) is 11.8 Å². The number of aryl methyl sites for hydroxylation is 1. The first-order chi connectivity index (χ1) is 10.5. The molecule has 0 saturated carbocycles. The molecule has 1 aromatic rings. The smallest absolute Gasteiger partial charge is 0.274 e. The summed E-state index contributed by atoms with van der Waals surface area (Å²) in [7, 11) is 0. The molecule has 22 heavy (non-hydrogen) atoms. The summed E-state index contributed by atoms with van der Waals surface area (Å²) in [4.78, 5) is 15.0. The summed E-state index contributed by atoms with van der Waals surface area (Å²) in [5.41, 5.74) is 3.04. The second kappa shape index (κ2) is 7.80. The van der Waals surface area contributed by atoms with Crippen molar-refractivity contribution in [2.24, 2.45) is 11.8 Å². The van der Waals surface area contributed by atoms with Gasteiger partial charge in [-0.1, -0.05) is 27.7 Å². The minimum absolute atomic E-state index is 0.126. The number of aromatic nitrogens is 2. The van der Waals surface area contributed by atoms with E-state index in [0.717, 1.165) is 38.8 Å². The Hall–Kier alpha value is -1.32. The summed E-state index contributed by atoms with van der Waals surface area (Å²) in [6.07, 6.45) is 6.51. The van der Waals surface area contributed by atoms with Gasteiger partial charge in [0, 0.05) is 24.3 Å². The van der Waals surface area contributed by atoms with Crippen LogP contribution in [0.15, 0.2) is 0 Å². The van der Waals surface area contributed by atoms with E-state index in [1.165, 1.54) is 24.1 Å². The number of aromatic amines is 1. The first kappa shape index (κ1) is 17.0. The number of fused-ring (bicyclic) bond motifs is 1. The van der Waals surface area contributed by atoms with Gasteiger partial charge in [-0.25, -0.2) is 0 Å². The van der Waals surface area contributed by atoms with Crippen LogP contribution in [0.2, 0.25) is 0 Å². The SMILES string of the molecule is CC(C)CCN(CCC(C)C)C(=O)c1n[nH]c2c1CCCC2. The molecule has 0 spiro atoms. The summed E-state index contributed by atoms with van der Waals surface area (Å²) < 4.78 is 0. The van der Waals surface area contributed by atoms with E-state index in [4.69, 9.17) is 0 Å². The minimum atomic E-state index is 0.126. The number of hydrogen-bond donors (Lipinski definition) is 1. The van der Waals surface area contributed by atoms with Crippen LogP contribution in [0.4, 0.5) is 0 Å². The highest BCUT2D eigenvalue weighted by Crippen LogP contribution is 2.23. The standard InChI is InChI=1S/C18H31N3O/c1-13(2)9-11-21(12-10-14(3)4)18(22)17-15-7-5-6-8-16(15)19-20-17/h13-14H,5-12H2,1-4H3,(H,19,20). The van der Waals surface area contributed by atoms with Gasteiger partial charge in [0.2, 0.25) is 0 Å². The van der Waals surface area contributed by atoms with E-state index in [1.54, 1.807) is 0 Å². The molecule has 0 aromatic carbocycles. The Morgan fingerprint density at radius 2 is 1.68 bits per heavy atom. The number of nitrogens with one attached hydrogen (secondary N) is 1. The van der Waals surface area contributed by atoms with Crippen molar-refractivity contribution in [3.05, 3.63) is 17.0 Å². The monoisotopic (exact) mass is 305 g/mol. The van der Waals surface area contributed by atoms with Crippen LogP contribution in [0.25, 0.3) is 0 Å². The molecular weight excluding hydrogens is 274 g/mol. The van der Waals surface area contributed by atoms with E-state index in [2.05, 4.69) is 37.9 Å². The Bertz CT molecular complexity index is 479. The fourth-order valence-electron chi connectivity index (χ4n) is 2.95. The second-order valence-electron chi connectivity index (χ2n) is 7.39. The number of hydrogen-bond acceptors (Lipinski definition) is 2. The second-order valence-corrected chi connectivity index (χ2v) is 7.39. The zero-order valence-electron chi connectivity index (χ0n) is 14.6. The van der Waals surface area contributed by atoms with Crippen molar-refractivity contribution in [3.8, 4) is 0 Å². The molecule has 1 amide bonds. The van der Waals surface area contributed by atoms with E-state index in [-0.39, 0.29) is 5.91 Å². The largest absolute Gasteiger partial charge is 0.337 e. The van der Waals surface area contributed by atoms with Crippen molar-refractivity contribution in [2.45, 2.75) is 66.2 Å². The van der Waals surface area contributed by atoms with Gasteiger partial charge in [-0.15, -0.1) is 0 Å². The molecule has 0 radical (unpaired) electrons. The van der Waals surface area contributed by atoms with Crippen molar-refractivity contribution in [2.75, 3.05) is 13.1 Å². The summed E-state index contributed by atoms with van der Waals surface area (Å²) in [6, 6.07) is 0.